The van der Waals surface area contributed by atoms with Crippen LogP contribution in [0.2, 0.25) is 5.02 Å². The first-order valence-corrected chi connectivity index (χ1v) is 8.88. The van der Waals surface area contributed by atoms with Crippen LogP contribution in [-0.4, -0.2) is 18.7 Å². The van der Waals surface area contributed by atoms with Gasteiger partial charge in [-0.05, 0) is 73.5 Å². The lowest BCUT2D eigenvalue weighted by Gasteiger charge is -2.07. The maximum atomic E-state index is 11.9. The predicted molar refractivity (Wildman–Crippen MR) is 109 cm³/mol. The van der Waals surface area contributed by atoms with Crippen LogP contribution in [0.15, 0.2) is 64.1 Å². The van der Waals surface area contributed by atoms with Crippen LogP contribution in [0.1, 0.15) is 16.9 Å². The van der Waals surface area contributed by atoms with Gasteiger partial charge in [-0.2, -0.15) is 5.10 Å². The second-order valence-electron chi connectivity index (χ2n) is 6.15. The number of nitrogens with one attached hydrogen (secondary N) is 2. The fraction of sp³-hybridized carbons (Fsp3) is 0.143. The zero-order valence-corrected chi connectivity index (χ0v) is 15.9. The van der Waals surface area contributed by atoms with E-state index >= 15 is 0 Å². The SMILES string of the molecule is Cc1ccc(NCC(=O)NN=Cc2ccc(-c3ccc(Cl)cc3)o2)cc1C. The molecule has 0 aliphatic carbocycles. The van der Waals surface area contributed by atoms with E-state index in [4.69, 9.17) is 16.0 Å². The Labute approximate surface area is 163 Å². The highest BCUT2D eigenvalue weighted by atomic mass is 35.5. The van der Waals surface area contributed by atoms with Crippen LogP contribution in [-0.2, 0) is 4.79 Å². The molecular weight excluding hydrogens is 362 g/mol. The summed E-state index contributed by atoms with van der Waals surface area (Å²) in [7, 11) is 0. The molecule has 27 heavy (non-hydrogen) atoms. The van der Waals surface area contributed by atoms with E-state index in [0.717, 1.165) is 11.3 Å². The third kappa shape index (κ3) is 5.21. The van der Waals surface area contributed by atoms with Gasteiger partial charge < -0.3 is 9.73 Å². The van der Waals surface area contributed by atoms with E-state index in [1.807, 2.05) is 50.2 Å². The topological polar surface area (TPSA) is 66.6 Å². The minimum absolute atomic E-state index is 0.133. The fourth-order valence-corrected chi connectivity index (χ4v) is 2.56. The summed E-state index contributed by atoms with van der Waals surface area (Å²) in [5.74, 6) is 1.01. The molecule has 0 unspecified atom stereocenters. The molecule has 0 fully saturated rings. The largest absolute Gasteiger partial charge is 0.455 e. The average molecular weight is 382 g/mol. The number of carbonyl (C=O) groups is 1. The van der Waals surface area contributed by atoms with Crippen LogP contribution in [0.5, 0.6) is 0 Å². The number of hydrogen-bond acceptors (Lipinski definition) is 4. The Bertz CT molecular complexity index is 962. The number of aryl methyl sites for hydroxylation is 2. The highest BCUT2D eigenvalue weighted by Gasteiger charge is 2.04. The number of carbonyl (C=O) groups excluding carboxylic acids is 1. The van der Waals surface area contributed by atoms with Gasteiger partial charge in [-0.25, -0.2) is 5.43 Å². The summed E-state index contributed by atoms with van der Waals surface area (Å²) in [6, 6.07) is 17.0. The smallest absolute Gasteiger partial charge is 0.259 e. The summed E-state index contributed by atoms with van der Waals surface area (Å²) >= 11 is 5.88. The molecular formula is C21H20ClN3O2. The Morgan fingerprint density at radius 2 is 1.85 bits per heavy atom. The molecule has 3 rings (SSSR count). The van der Waals surface area contributed by atoms with Gasteiger partial charge in [0.15, 0.2) is 0 Å². The van der Waals surface area contributed by atoms with Gasteiger partial charge in [-0.15, -0.1) is 0 Å². The summed E-state index contributed by atoms with van der Waals surface area (Å²) in [5, 5.41) is 7.67. The standard InChI is InChI=1S/C21H20ClN3O2/c1-14-3-8-18(11-15(14)2)23-13-21(26)25-24-12-19-9-10-20(27-19)16-4-6-17(22)7-5-16/h3-12,23H,13H2,1-2H3,(H,25,26). The van der Waals surface area contributed by atoms with Gasteiger partial charge in [-0.1, -0.05) is 17.7 Å². The lowest BCUT2D eigenvalue weighted by atomic mass is 10.1. The summed E-state index contributed by atoms with van der Waals surface area (Å²) < 4.78 is 5.69. The Balaban J connectivity index is 1.50. The second kappa shape index (κ2) is 8.56. The maximum Gasteiger partial charge on any atom is 0.259 e. The molecule has 6 heteroatoms. The molecule has 0 atom stereocenters. The molecule has 1 amide bonds. The molecule has 1 heterocycles. The van der Waals surface area contributed by atoms with Gasteiger partial charge in [-0.3, -0.25) is 4.79 Å². The van der Waals surface area contributed by atoms with Crippen molar-refractivity contribution in [2.45, 2.75) is 13.8 Å². The summed E-state index contributed by atoms with van der Waals surface area (Å²) in [6.07, 6.45) is 1.47. The highest BCUT2D eigenvalue weighted by Crippen LogP contribution is 2.23. The van der Waals surface area contributed by atoms with Gasteiger partial charge in [0, 0.05) is 16.3 Å². The number of hydrogen-bond donors (Lipinski definition) is 2. The molecule has 0 saturated carbocycles. The van der Waals surface area contributed by atoms with Crippen molar-refractivity contribution in [2.75, 3.05) is 11.9 Å². The zero-order valence-electron chi connectivity index (χ0n) is 15.1. The van der Waals surface area contributed by atoms with Crippen LogP contribution in [0.25, 0.3) is 11.3 Å². The third-order valence-electron chi connectivity index (χ3n) is 4.10. The van der Waals surface area contributed by atoms with Crippen molar-refractivity contribution in [3.05, 3.63) is 76.5 Å². The maximum absolute atomic E-state index is 11.9. The number of amides is 1. The molecule has 5 nitrogen and oxygen atoms in total. The van der Waals surface area contributed by atoms with Gasteiger partial charge >= 0.3 is 0 Å². The number of rotatable bonds is 6. The van der Waals surface area contributed by atoms with Crippen LogP contribution >= 0.6 is 11.6 Å². The van der Waals surface area contributed by atoms with E-state index in [2.05, 4.69) is 15.8 Å². The van der Waals surface area contributed by atoms with E-state index in [0.29, 0.717) is 16.5 Å². The highest BCUT2D eigenvalue weighted by molar-refractivity contribution is 6.30. The molecule has 3 aromatic rings. The van der Waals surface area contributed by atoms with Crippen LogP contribution in [0, 0.1) is 13.8 Å². The second-order valence-corrected chi connectivity index (χ2v) is 6.59. The predicted octanol–water partition coefficient (Wildman–Crippen LogP) is 4.78. The number of anilines is 1. The minimum Gasteiger partial charge on any atom is -0.455 e. The lowest BCUT2D eigenvalue weighted by Crippen LogP contribution is -2.25. The quantitative estimate of drug-likeness (QED) is 0.477. The Morgan fingerprint density at radius 3 is 2.59 bits per heavy atom. The summed E-state index contributed by atoms with van der Waals surface area (Å²) in [5.41, 5.74) is 6.68. The van der Waals surface area contributed by atoms with Crippen molar-refractivity contribution in [3.63, 3.8) is 0 Å². The Morgan fingerprint density at radius 1 is 1.07 bits per heavy atom. The molecule has 0 bridgehead atoms. The molecule has 2 aromatic carbocycles. The number of hydrazone groups is 1. The van der Waals surface area contributed by atoms with E-state index in [1.54, 1.807) is 18.2 Å². The van der Waals surface area contributed by atoms with Crippen molar-refractivity contribution in [2.24, 2.45) is 5.10 Å². The van der Waals surface area contributed by atoms with Crippen LogP contribution in [0.3, 0.4) is 0 Å². The molecule has 138 valence electrons. The van der Waals surface area contributed by atoms with Crippen molar-refractivity contribution < 1.29 is 9.21 Å². The number of halogens is 1. The van der Waals surface area contributed by atoms with Crippen molar-refractivity contribution in [1.82, 2.24) is 5.43 Å². The van der Waals surface area contributed by atoms with Gasteiger partial charge in [0.25, 0.3) is 5.91 Å². The first-order valence-electron chi connectivity index (χ1n) is 8.50. The van der Waals surface area contributed by atoms with E-state index in [9.17, 15) is 4.79 Å². The zero-order chi connectivity index (χ0) is 19.2. The molecule has 0 aliphatic rings. The molecule has 1 aromatic heterocycles. The number of benzene rings is 2. The van der Waals surface area contributed by atoms with Gasteiger partial charge in [0.05, 0.1) is 12.8 Å². The van der Waals surface area contributed by atoms with Crippen LogP contribution in [0.4, 0.5) is 5.69 Å². The minimum atomic E-state index is -0.242. The van der Waals surface area contributed by atoms with Gasteiger partial charge in [0.1, 0.15) is 11.5 Å². The Kier molecular flexibility index (Phi) is 5.94. The van der Waals surface area contributed by atoms with E-state index in [-0.39, 0.29) is 12.5 Å². The molecule has 2 N–H and O–H groups in total. The average Bonchev–Trinajstić information content (AvgIpc) is 3.12. The molecule has 0 radical (unpaired) electrons. The molecule has 0 spiro atoms. The normalized spacial score (nSPS) is 10.9. The fourth-order valence-electron chi connectivity index (χ4n) is 2.43. The molecule has 0 aliphatic heterocycles. The Hall–Kier alpha value is -3.05. The van der Waals surface area contributed by atoms with E-state index < -0.39 is 0 Å². The summed E-state index contributed by atoms with van der Waals surface area (Å²) in [4.78, 5) is 11.9. The van der Waals surface area contributed by atoms with E-state index in [1.165, 1.54) is 17.3 Å². The first kappa shape index (κ1) is 18.7. The van der Waals surface area contributed by atoms with Crippen molar-refractivity contribution >= 4 is 29.4 Å². The monoisotopic (exact) mass is 381 g/mol. The molecule has 0 saturated heterocycles. The van der Waals surface area contributed by atoms with Gasteiger partial charge in [0.2, 0.25) is 0 Å². The number of nitrogens with zero attached hydrogens (tertiary/aromatic N) is 1. The third-order valence-corrected chi connectivity index (χ3v) is 4.35. The lowest BCUT2D eigenvalue weighted by molar-refractivity contribution is -0.119. The summed E-state index contributed by atoms with van der Waals surface area (Å²) in [6.45, 7) is 4.22. The van der Waals surface area contributed by atoms with Crippen LogP contribution < -0.4 is 10.7 Å². The van der Waals surface area contributed by atoms with Crippen molar-refractivity contribution in [3.8, 4) is 11.3 Å². The number of furan rings is 1. The first-order chi connectivity index (χ1) is 13.0. The van der Waals surface area contributed by atoms with Crippen molar-refractivity contribution in [1.29, 1.82) is 0 Å².